The topological polar surface area (TPSA) is 219 Å². The van der Waals surface area contributed by atoms with Crippen molar-refractivity contribution in [1.29, 1.82) is 0 Å². The number of halogens is 2. The van der Waals surface area contributed by atoms with E-state index < -0.39 is 11.8 Å². The first-order valence-electron chi connectivity index (χ1n) is 20.0. The second kappa shape index (κ2) is 21.9. The molecule has 4 amide bonds. The molecule has 0 atom stereocenters. The van der Waals surface area contributed by atoms with E-state index >= 15 is 0 Å². The van der Waals surface area contributed by atoms with Gasteiger partial charge in [-0.05, 0) is 92.6 Å². The fraction of sp³-hybridized carbons (Fsp3) is 0.149. The van der Waals surface area contributed by atoms with Crippen molar-refractivity contribution < 1.29 is 19.2 Å². The van der Waals surface area contributed by atoms with Crippen LogP contribution in [0.1, 0.15) is 85.2 Å². The fourth-order valence-electron chi connectivity index (χ4n) is 6.39. The van der Waals surface area contributed by atoms with Gasteiger partial charge in [-0.3, -0.25) is 29.2 Å². The van der Waals surface area contributed by atoms with Gasteiger partial charge in [0.05, 0.1) is 38.6 Å². The Bertz CT molecular complexity index is 2610. The van der Waals surface area contributed by atoms with Gasteiger partial charge in [-0.2, -0.15) is 0 Å². The van der Waals surface area contributed by atoms with Crippen molar-refractivity contribution in [1.82, 2.24) is 9.97 Å². The lowest BCUT2D eigenvalue weighted by molar-refractivity contribution is 0.101. The Balaban J connectivity index is 0.000000211. The molecule has 320 valence electrons. The number of nitrogens with one attached hydrogen (secondary N) is 4. The largest absolute Gasteiger partial charge is 0.384 e. The van der Waals surface area contributed by atoms with Crippen molar-refractivity contribution in [2.45, 2.75) is 38.6 Å². The van der Waals surface area contributed by atoms with Crippen molar-refractivity contribution in [2.24, 2.45) is 21.5 Å². The minimum absolute atomic E-state index is 0.290. The third kappa shape index (κ3) is 12.8. The molecule has 63 heavy (non-hydrogen) atoms. The number of hydrogen-bond donors (Lipinski definition) is 6. The third-order valence-corrected chi connectivity index (χ3v) is 10.1. The molecule has 14 nitrogen and oxygen atoms in total. The number of nitrogens with zero attached hydrogens (tertiary/aromatic N) is 4. The Morgan fingerprint density at radius 3 is 1.38 bits per heavy atom. The summed E-state index contributed by atoms with van der Waals surface area (Å²) in [5, 5.41) is 11.9. The molecule has 4 aromatic carbocycles. The van der Waals surface area contributed by atoms with Crippen LogP contribution in [0.2, 0.25) is 10.0 Å². The summed E-state index contributed by atoms with van der Waals surface area (Å²) in [7, 11) is 0. The SMILES string of the molecule is CCN=C(N)c1ccc(C(=O)Nc2ccccc2C(=O)Nc2ccc(Cl)cn2)cc1.NC(=NC1CCCC1)c1ccc(C(=O)Nc2ccccc2C(=O)Nc2ccc(Cl)cn2)cc1. The summed E-state index contributed by atoms with van der Waals surface area (Å²) in [6.07, 6.45) is 7.41. The maximum Gasteiger partial charge on any atom is 0.258 e. The lowest BCUT2D eigenvalue weighted by Crippen LogP contribution is -2.19. The average molecular weight is 884 g/mol. The second-order valence-corrected chi connectivity index (χ2v) is 15.0. The molecule has 0 spiro atoms. The highest BCUT2D eigenvalue weighted by atomic mass is 35.5. The molecule has 1 aliphatic rings. The van der Waals surface area contributed by atoms with Crippen molar-refractivity contribution in [3.8, 4) is 0 Å². The van der Waals surface area contributed by atoms with Crippen LogP contribution >= 0.6 is 23.2 Å². The average Bonchev–Trinajstić information content (AvgIpc) is 3.81. The maximum atomic E-state index is 12.8. The summed E-state index contributed by atoms with van der Waals surface area (Å²) >= 11 is 11.6. The van der Waals surface area contributed by atoms with Gasteiger partial charge in [0.2, 0.25) is 0 Å². The summed E-state index contributed by atoms with van der Waals surface area (Å²) in [6.45, 7) is 2.48. The number of aromatic nitrogens is 2. The van der Waals surface area contributed by atoms with Crippen LogP contribution in [0.4, 0.5) is 23.0 Å². The van der Waals surface area contributed by atoms with Gasteiger partial charge >= 0.3 is 0 Å². The number of benzene rings is 4. The monoisotopic (exact) mass is 882 g/mol. The first kappa shape index (κ1) is 45.1. The number of carbonyl (C=O) groups excluding carboxylic acids is 4. The van der Waals surface area contributed by atoms with Gasteiger partial charge in [0.1, 0.15) is 23.3 Å². The van der Waals surface area contributed by atoms with Gasteiger partial charge in [-0.15, -0.1) is 0 Å². The molecule has 2 aromatic heterocycles. The summed E-state index contributed by atoms with van der Waals surface area (Å²) in [6, 6.07) is 34.0. The summed E-state index contributed by atoms with van der Waals surface area (Å²) < 4.78 is 0. The van der Waals surface area contributed by atoms with Crippen LogP contribution in [0.3, 0.4) is 0 Å². The molecule has 6 aromatic rings. The zero-order valence-corrected chi connectivity index (χ0v) is 35.7. The van der Waals surface area contributed by atoms with E-state index in [1.54, 1.807) is 121 Å². The number of para-hydroxylation sites is 2. The van der Waals surface area contributed by atoms with E-state index in [2.05, 4.69) is 41.2 Å². The summed E-state index contributed by atoms with van der Waals surface area (Å²) in [5.41, 5.74) is 15.8. The highest BCUT2D eigenvalue weighted by molar-refractivity contribution is 6.30. The zero-order chi connectivity index (χ0) is 44.7. The minimum Gasteiger partial charge on any atom is -0.384 e. The molecule has 2 heterocycles. The molecule has 1 aliphatic carbocycles. The van der Waals surface area contributed by atoms with Gasteiger partial charge in [0.25, 0.3) is 23.6 Å². The van der Waals surface area contributed by atoms with Crippen LogP contribution in [-0.4, -0.2) is 57.9 Å². The van der Waals surface area contributed by atoms with Gasteiger partial charge < -0.3 is 32.7 Å². The Hall–Kier alpha value is -7.42. The number of carbonyl (C=O) groups is 4. The number of pyridine rings is 2. The Kier molecular flexibility index (Phi) is 15.7. The van der Waals surface area contributed by atoms with Gasteiger partial charge in [0.15, 0.2) is 0 Å². The van der Waals surface area contributed by atoms with E-state index in [-0.39, 0.29) is 11.8 Å². The first-order valence-corrected chi connectivity index (χ1v) is 20.7. The number of amidine groups is 2. The highest BCUT2D eigenvalue weighted by Gasteiger charge is 2.18. The van der Waals surface area contributed by atoms with Gasteiger partial charge in [-0.1, -0.05) is 84.6 Å². The molecule has 0 bridgehead atoms. The molecule has 0 saturated heterocycles. The highest BCUT2D eigenvalue weighted by Crippen LogP contribution is 2.23. The zero-order valence-electron chi connectivity index (χ0n) is 34.1. The van der Waals surface area contributed by atoms with E-state index in [4.69, 9.17) is 34.7 Å². The third-order valence-electron chi connectivity index (χ3n) is 9.64. The van der Waals surface area contributed by atoms with Crippen molar-refractivity contribution >= 4 is 81.5 Å². The number of rotatable bonds is 12. The second-order valence-electron chi connectivity index (χ2n) is 14.1. The summed E-state index contributed by atoms with van der Waals surface area (Å²) in [4.78, 5) is 67.7. The molecular weight excluding hydrogens is 839 g/mol. The molecule has 1 fully saturated rings. The standard InChI is InChI=1S/C25H24ClN5O2.C22H20ClN5O2/c26-18-13-14-22(28-15-18)31-25(33)20-7-3-4-8-21(20)30-24(32)17-11-9-16(10-12-17)23(27)29-19-5-1-2-6-19;1-2-25-20(24)14-7-9-15(10-8-14)21(29)27-18-6-4-3-5-17(18)22(30)28-19-12-11-16(23)13-26-19/h3-4,7-15,19H,1-2,5-6H2,(H2,27,29)(H,30,32)(H,28,31,33);3-13H,2H2,1H3,(H2,24,25)(H,27,29)(H,26,28,30). The minimum atomic E-state index is -0.403. The molecule has 1 saturated carbocycles. The predicted molar refractivity (Wildman–Crippen MR) is 250 cm³/mol. The maximum absolute atomic E-state index is 12.8. The van der Waals surface area contributed by atoms with Gasteiger partial charge in [0, 0.05) is 41.2 Å². The fourth-order valence-corrected chi connectivity index (χ4v) is 6.61. The Morgan fingerprint density at radius 1 is 0.556 bits per heavy atom. The number of nitrogens with two attached hydrogens (primary N) is 2. The molecule has 7 rings (SSSR count). The molecular formula is C47H44Cl2N10O4. The van der Waals surface area contributed by atoms with Crippen molar-refractivity contribution in [3.05, 3.63) is 177 Å². The van der Waals surface area contributed by atoms with Crippen LogP contribution < -0.4 is 32.7 Å². The van der Waals surface area contributed by atoms with Crippen molar-refractivity contribution in [3.63, 3.8) is 0 Å². The number of anilines is 4. The summed E-state index contributed by atoms with van der Waals surface area (Å²) in [5.74, 6) is 0.140. The molecule has 0 aliphatic heterocycles. The molecule has 16 heteroatoms. The quantitative estimate of drug-likeness (QED) is 0.0514. The molecule has 0 unspecified atom stereocenters. The molecule has 8 N–H and O–H groups in total. The molecule has 0 radical (unpaired) electrons. The smallest absolute Gasteiger partial charge is 0.258 e. The number of aliphatic imine (C=N–C) groups is 2. The van der Waals surface area contributed by atoms with Gasteiger partial charge in [-0.25, -0.2) is 9.97 Å². The Morgan fingerprint density at radius 2 is 0.968 bits per heavy atom. The number of amides is 4. The number of hydrogen-bond acceptors (Lipinski definition) is 8. The van der Waals surface area contributed by atoms with Crippen LogP contribution in [-0.2, 0) is 0 Å². The van der Waals surface area contributed by atoms with Crippen LogP contribution in [0.15, 0.2) is 144 Å². The van der Waals surface area contributed by atoms with Crippen LogP contribution in [0.25, 0.3) is 0 Å². The van der Waals surface area contributed by atoms with E-state index in [1.165, 1.54) is 25.2 Å². The first-order chi connectivity index (χ1) is 30.5. The van der Waals surface area contributed by atoms with Crippen LogP contribution in [0.5, 0.6) is 0 Å². The Labute approximate surface area is 374 Å². The normalized spacial score (nSPS) is 12.7. The van der Waals surface area contributed by atoms with E-state index in [1.807, 2.05) is 6.92 Å². The van der Waals surface area contributed by atoms with Crippen molar-refractivity contribution in [2.75, 3.05) is 27.8 Å². The van der Waals surface area contributed by atoms with E-state index in [9.17, 15) is 19.2 Å². The lowest BCUT2D eigenvalue weighted by Gasteiger charge is -2.12. The van der Waals surface area contributed by atoms with E-state index in [0.29, 0.717) is 79.6 Å². The van der Waals surface area contributed by atoms with Crippen LogP contribution in [0, 0.1) is 0 Å². The lowest BCUT2D eigenvalue weighted by atomic mass is 10.1. The predicted octanol–water partition coefficient (Wildman–Crippen LogP) is 8.85. The van der Waals surface area contributed by atoms with E-state index in [0.717, 1.165) is 24.0 Å².